The first kappa shape index (κ1) is 15.4. The maximum atomic E-state index is 11.4. The van der Waals surface area contributed by atoms with Gasteiger partial charge in [-0.25, -0.2) is 8.42 Å². The van der Waals surface area contributed by atoms with E-state index in [9.17, 15) is 13.5 Å². The molecule has 1 unspecified atom stereocenters. The molecular weight excluding hydrogens is 276 g/mol. The first-order valence-electron chi connectivity index (χ1n) is 6.87. The van der Waals surface area contributed by atoms with E-state index in [0.717, 1.165) is 25.2 Å². The fraction of sp³-hybridized carbons (Fsp3) is 0.571. The molecule has 1 aromatic rings. The summed E-state index contributed by atoms with van der Waals surface area (Å²) in [6.45, 7) is 3.33. The van der Waals surface area contributed by atoms with Crippen LogP contribution in [0.3, 0.4) is 0 Å². The van der Waals surface area contributed by atoms with Gasteiger partial charge in [-0.3, -0.25) is 0 Å². The fourth-order valence-corrected chi connectivity index (χ4v) is 3.26. The lowest BCUT2D eigenvalue weighted by Crippen LogP contribution is -2.48. The molecule has 6 heteroatoms. The largest absolute Gasteiger partial charge is 0.388 e. The number of rotatable bonds is 5. The minimum absolute atomic E-state index is 0.455. The predicted octanol–water partition coefficient (Wildman–Crippen LogP) is 0.687. The van der Waals surface area contributed by atoms with Gasteiger partial charge >= 0.3 is 0 Å². The van der Waals surface area contributed by atoms with Crippen LogP contribution in [-0.4, -0.2) is 61.7 Å². The Balaban J connectivity index is 1.77. The second-order valence-corrected chi connectivity index (χ2v) is 7.20. The third-order valence-corrected chi connectivity index (χ3v) is 5.01. The van der Waals surface area contributed by atoms with Crippen molar-refractivity contribution in [1.82, 2.24) is 9.21 Å². The van der Waals surface area contributed by atoms with Crippen LogP contribution >= 0.6 is 0 Å². The summed E-state index contributed by atoms with van der Waals surface area (Å²) >= 11 is 0. The Kier molecular flexibility index (Phi) is 5.15. The van der Waals surface area contributed by atoms with Crippen molar-refractivity contribution in [3.8, 4) is 0 Å². The Bertz CT molecular complexity index is 510. The summed E-state index contributed by atoms with van der Waals surface area (Å²) in [5, 5.41) is 10.1. The molecule has 1 fully saturated rings. The first-order chi connectivity index (χ1) is 9.47. The maximum absolute atomic E-state index is 11.4. The third kappa shape index (κ3) is 4.28. The van der Waals surface area contributed by atoms with E-state index < -0.39 is 16.1 Å². The number of aliphatic hydroxyl groups excluding tert-OH is 1. The quantitative estimate of drug-likeness (QED) is 0.869. The van der Waals surface area contributed by atoms with Gasteiger partial charge in [0, 0.05) is 32.7 Å². The van der Waals surface area contributed by atoms with Gasteiger partial charge in [-0.15, -0.1) is 0 Å². The summed E-state index contributed by atoms with van der Waals surface area (Å²) in [5.74, 6) is 0. The van der Waals surface area contributed by atoms with Crippen molar-refractivity contribution in [1.29, 1.82) is 0 Å². The standard InChI is InChI=1S/C14H22N2O3S/c1-20(18,19)16-11-9-15(10-12-16)8-7-14(17)13-5-3-2-4-6-13/h2-6,14,17H,7-12H2,1H3. The van der Waals surface area contributed by atoms with E-state index in [1.807, 2.05) is 30.3 Å². The van der Waals surface area contributed by atoms with Gasteiger partial charge in [0.2, 0.25) is 10.0 Å². The van der Waals surface area contributed by atoms with E-state index in [1.54, 1.807) is 0 Å². The van der Waals surface area contributed by atoms with E-state index in [1.165, 1.54) is 10.6 Å². The molecule has 0 bridgehead atoms. The number of hydrogen-bond acceptors (Lipinski definition) is 4. The summed E-state index contributed by atoms with van der Waals surface area (Å²) in [6, 6.07) is 9.62. The van der Waals surface area contributed by atoms with Crippen molar-refractivity contribution in [2.24, 2.45) is 0 Å². The van der Waals surface area contributed by atoms with E-state index in [4.69, 9.17) is 0 Å². The first-order valence-corrected chi connectivity index (χ1v) is 8.72. The van der Waals surface area contributed by atoms with Gasteiger partial charge < -0.3 is 10.0 Å². The van der Waals surface area contributed by atoms with Crippen molar-refractivity contribution in [2.75, 3.05) is 39.0 Å². The van der Waals surface area contributed by atoms with Gasteiger partial charge in [-0.05, 0) is 12.0 Å². The van der Waals surface area contributed by atoms with Crippen molar-refractivity contribution in [2.45, 2.75) is 12.5 Å². The molecule has 0 saturated carbocycles. The number of piperazine rings is 1. The molecule has 0 spiro atoms. The normalized spacial score (nSPS) is 19.9. The van der Waals surface area contributed by atoms with Crippen LogP contribution < -0.4 is 0 Å². The lowest BCUT2D eigenvalue weighted by molar-refractivity contribution is 0.125. The van der Waals surface area contributed by atoms with Crippen LogP contribution in [0.2, 0.25) is 0 Å². The van der Waals surface area contributed by atoms with E-state index in [-0.39, 0.29) is 0 Å². The Hall–Kier alpha value is -0.950. The molecule has 0 aromatic heterocycles. The molecule has 5 nitrogen and oxygen atoms in total. The molecule has 0 amide bonds. The van der Waals surface area contributed by atoms with Gasteiger partial charge in [-0.1, -0.05) is 30.3 Å². The number of benzene rings is 1. The molecule has 2 rings (SSSR count). The van der Waals surface area contributed by atoms with E-state index in [2.05, 4.69) is 4.90 Å². The highest BCUT2D eigenvalue weighted by Crippen LogP contribution is 2.17. The van der Waals surface area contributed by atoms with E-state index >= 15 is 0 Å². The van der Waals surface area contributed by atoms with Crippen LogP contribution in [0.25, 0.3) is 0 Å². The average molecular weight is 298 g/mol. The zero-order chi connectivity index (χ0) is 14.6. The summed E-state index contributed by atoms with van der Waals surface area (Å²) in [4.78, 5) is 2.20. The Morgan fingerprint density at radius 2 is 1.75 bits per heavy atom. The zero-order valence-electron chi connectivity index (χ0n) is 11.8. The van der Waals surface area contributed by atoms with Crippen LogP contribution in [0.4, 0.5) is 0 Å². The molecule has 0 radical (unpaired) electrons. The molecule has 112 valence electrons. The van der Waals surface area contributed by atoms with Gasteiger partial charge in [-0.2, -0.15) is 4.31 Å². The van der Waals surface area contributed by atoms with Crippen LogP contribution in [0.15, 0.2) is 30.3 Å². The Labute approximate surface area is 120 Å². The molecular formula is C14H22N2O3S. The third-order valence-electron chi connectivity index (χ3n) is 3.70. The molecule has 1 aromatic carbocycles. The van der Waals surface area contributed by atoms with Crippen LogP contribution in [0.1, 0.15) is 18.1 Å². The lowest BCUT2D eigenvalue weighted by Gasteiger charge is -2.33. The minimum atomic E-state index is -3.07. The molecule has 1 heterocycles. The number of nitrogens with zero attached hydrogens (tertiary/aromatic N) is 2. The van der Waals surface area contributed by atoms with Gasteiger partial charge in [0.25, 0.3) is 0 Å². The summed E-state index contributed by atoms with van der Waals surface area (Å²) in [5.41, 5.74) is 0.933. The molecule has 1 aliphatic heterocycles. The fourth-order valence-electron chi connectivity index (χ4n) is 2.43. The zero-order valence-corrected chi connectivity index (χ0v) is 12.6. The summed E-state index contributed by atoms with van der Waals surface area (Å²) in [7, 11) is -3.07. The summed E-state index contributed by atoms with van der Waals surface area (Å²) in [6.07, 6.45) is 1.47. The Morgan fingerprint density at radius 3 is 2.30 bits per heavy atom. The number of sulfonamides is 1. The molecule has 20 heavy (non-hydrogen) atoms. The molecule has 1 atom stereocenters. The molecule has 0 aliphatic carbocycles. The summed E-state index contributed by atoms with van der Waals surface area (Å²) < 4.78 is 24.3. The highest BCUT2D eigenvalue weighted by Gasteiger charge is 2.23. The van der Waals surface area contributed by atoms with Gasteiger partial charge in [0.05, 0.1) is 12.4 Å². The van der Waals surface area contributed by atoms with Gasteiger partial charge in [0.15, 0.2) is 0 Å². The minimum Gasteiger partial charge on any atom is -0.388 e. The van der Waals surface area contributed by atoms with E-state index in [0.29, 0.717) is 19.5 Å². The average Bonchev–Trinajstić information content (AvgIpc) is 2.45. The van der Waals surface area contributed by atoms with Crippen LogP contribution in [0, 0.1) is 0 Å². The van der Waals surface area contributed by atoms with Crippen LogP contribution in [-0.2, 0) is 10.0 Å². The second-order valence-electron chi connectivity index (χ2n) is 5.22. The molecule has 1 aliphatic rings. The van der Waals surface area contributed by atoms with Crippen molar-refractivity contribution in [3.05, 3.63) is 35.9 Å². The Morgan fingerprint density at radius 1 is 1.15 bits per heavy atom. The van der Waals surface area contributed by atoms with Gasteiger partial charge in [0.1, 0.15) is 0 Å². The van der Waals surface area contributed by atoms with Crippen molar-refractivity contribution in [3.63, 3.8) is 0 Å². The topological polar surface area (TPSA) is 60.9 Å². The number of hydrogen-bond donors (Lipinski definition) is 1. The lowest BCUT2D eigenvalue weighted by atomic mass is 10.1. The maximum Gasteiger partial charge on any atom is 0.211 e. The predicted molar refractivity (Wildman–Crippen MR) is 78.9 cm³/mol. The SMILES string of the molecule is CS(=O)(=O)N1CCN(CCC(O)c2ccccc2)CC1. The smallest absolute Gasteiger partial charge is 0.211 e. The number of aliphatic hydroxyl groups is 1. The van der Waals surface area contributed by atoms with Crippen LogP contribution in [0.5, 0.6) is 0 Å². The highest BCUT2D eigenvalue weighted by molar-refractivity contribution is 7.88. The molecule has 1 N–H and O–H groups in total. The molecule has 1 saturated heterocycles. The second kappa shape index (κ2) is 6.67. The van der Waals surface area contributed by atoms with Crippen molar-refractivity contribution >= 4 is 10.0 Å². The highest BCUT2D eigenvalue weighted by atomic mass is 32.2. The van der Waals surface area contributed by atoms with Crippen molar-refractivity contribution < 1.29 is 13.5 Å². The monoisotopic (exact) mass is 298 g/mol.